The van der Waals surface area contributed by atoms with Crippen LogP contribution in [0.15, 0.2) is 17.2 Å². The van der Waals surface area contributed by atoms with Gasteiger partial charge >= 0.3 is 0 Å². The van der Waals surface area contributed by atoms with Crippen LogP contribution in [0, 0.1) is 12.0 Å². The second-order valence-corrected chi connectivity index (χ2v) is 2.60. The van der Waals surface area contributed by atoms with E-state index in [1.54, 1.807) is 0 Å². The zero-order chi connectivity index (χ0) is 6.85. The normalized spacial score (nSPS) is 19.4. The van der Waals surface area contributed by atoms with Crippen molar-refractivity contribution in [3.63, 3.8) is 0 Å². The van der Waals surface area contributed by atoms with E-state index in [-0.39, 0.29) is 46.5 Å². The third kappa shape index (κ3) is 4.72. The van der Waals surface area contributed by atoms with Crippen molar-refractivity contribution in [1.29, 1.82) is 0 Å². The Morgan fingerprint density at radius 3 is 2.08 bits per heavy atom. The van der Waals surface area contributed by atoms with Gasteiger partial charge in [-0.25, -0.2) is 5.57 Å². The van der Waals surface area contributed by atoms with Gasteiger partial charge in [0.05, 0.1) is 0 Å². The van der Waals surface area contributed by atoms with Crippen molar-refractivity contribution in [3.8, 4) is 0 Å². The Kier molecular flexibility index (Phi) is 12.9. The van der Waals surface area contributed by atoms with E-state index in [0.717, 1.165) is 6.42 Å². The largest absolute Gasteiger partial charge is 0.266 e. The van der Waals surface area contributed by atoms with E-state index < -0.39 is 0 Å². The first-order valence-electron chi connectivity index (χ1n) is 3.55. The maximum Gasteiger partial charge on any atom is 0 e. The number of allylic oxidation sites excluding steroid dienone is 4. The van der Waals surface area contributed by atoms with Crippen molar-refractivity contribution >= 4 is 24.8 Å². The van der Waals surface area contributed by atoms with Crippen LogP contribution in [0.1, 0.15) is 27.2 Å². The van der Waals surface area contributed by atoms with E-state index in [1.807, 2.05) is 0 Å². The number of rotatable bonds is 1. The molecule has 1 aliphatic carbocycles. The SMILES string of the molecule is CCC1=CC(C)[C-]=C1C.Cl.Cl.[Ti]. The molecule has 0 bridgehead atoms. The average Bonchev–Trinajstić information content (AvgIpc) is 2.10. The van der Waals surface area contributed by atoms with Gasteiger partial charge in [0.15, 0.2) is 0 Å². The molecule has 1 atom stereocenters. The van der Waals surface area contributed by atoms with Gasteiger partial charge in [-0.1, -0.05) is 33.1 Å². The Morgan fingerprint density at radius 2 is 1.92 bits per heavy atom. The van der Waals surface area contributed by atoms with E-state index in [9.17, 15) is 0 Å². The maximum absolute atomic E-state index is 3.34. The van der Waals surface area contributed by atoms with Gasteiger partial charge < -0.3 is 0 Å². The van der Waals surface area contributed by atoms with Gasteiger partial charge in [0, 0.05) is 21.7 Å². The molecule has 1 rings (SSSR count). The first kappa shape index (κ1) is 18.5. The van der Waals surface area contributed by atoms with Crippen LogP contribution in [-0.2, 0) is 21.7 Å². The Morgan fingerprint density at radius 1 is 1.42 bits per heavy atom. The molecule has 0 fully saturated rings. The third-order valence-electron chi connectivity index (χ3n) is 1.76. The zero-order valence-corrected chi connectivity index (χ0v) is 10.9. The van der Waals surface area contributed by atoms with Crippen molar-refractivity contribution in [2.45, 2.75) is 27.2 Å². The predicted octanol–water partition coefficient (Wildman–Crippen LogP) is 3.56. The standard InChI is InChI=1S/C9H13.2ClH.Ti/c1-4-9-6-7(2)5-8(9)3;;;/h6-7H,4H2,1-3H3;2*1H;/q-1;;;. The van der Waals surface area contributed by atoms with Crippen molar-refractivity contribution < 1.29 is 21.7 Å². The van der Waals surface area contributed by atoms with Crippen LogP contribution in [0.4, 0.5) is 0 Å². The van der Waals surface area contributed by atoms with Crippen molar-refractivity contribution in [2.24, 2.45) is 5.92 Å². The van der Waals surface area contributed by atoms with Gasteiger partial charge in [-0.3, -0.25) is 6.08 Å². The topological polar surface area (TPSA) is 0 Å². The summed E-state index contributed by atoms with van der Waals surface area (Å²) in [5.74, 6) is 0.556. The van der Waals surface area contributed by atoms with Crippen LogP contribution >= 0.6 is 24.8 Å². The predicted molar refractivity (Wildman–Crippen MR) is 54.5 cm³/mol. The third-order valence-corrected chi connectivity index (χ3v) is 1.76. The minimum Gasteiger partial charge on any atom is -0.266 e. The summed E-state index contributed by atoms with van der Waals surface area (Å²) in [7, 11) is 0. The van der Waals surface area contributed by atoms with Gasteiger partial charge in [-0.15, -0.1) is 24.8 Å². The molecule has 0 N–H and O–H groups in total. The van der Waals surface area contributed by atoms with E-state index >= 15 is 0 Å². The molecular weight excluding hydrogens is 227 g/mol. The van der Waals surface area contributed by atoms with Crippen LogP contribution in [0.25, 0.3) is 0 Å². The molecule has 1 unspecified atom stereocenters. The summed E-state index contributed by atoms with van der Waals surface area (Å²) in [6.45, 7) is 6.50. The molecule has 12 heavy (non-hydrogen) atoms. The fraction of sp³-hybridized carbons (Fsp3) is 0.556. The molecule has 0 saturated heterocycles. The summed E-state index contributed by atoms with van der Waals surface area (Å²) in [6.07, 6.45) is 6.78. The van der Waals surface area contributed by atoms with Crippen molar-refractivity contribution in [2.75, 3.05) is 0 Å². The smallest absolute Gasteiger partial charge is 0 e. The molecule has 0 aliphatic heterocycles. The Labute approximate surface area is 103 Å². The molecule has 0 aromatic rings. The van der Waals surface area contributed by atoms with Crippen molar-refractivity contribution in [3.05, 3.63) is 23.3 Å². The Bertz CT molecular complexity index is 173. The average molecular weight is 242 g/mol. The maximum atomic E-state index is 3.34. The number of hydrogen-bond donors (Lipinski definition) is 0. The minimum absolute atomic E-state index is 0. The van der Waals surface area contributed by atoms with Crippen LogP contribution in [0.5, 0.6) is 0 Å². The van der Waals surface area contributed by atoms with E-state index in [4.69, 9.17) is 0 Å². The Balaban J connectivity index is -0.000000270. The molecule has 0 amide bonds. The molecule has 0 heterocycles. The molecule has 0 nitrogen and oxygen atoms in total. The summed E-state index contributed by atoms with van der Waals surface area (Å²) < 4.78 is 0. The van der Waals surface area contributed by atoms with E-state index in [2.05, 4.69) is 32.9 Å². The fourth-order valence-electron chi connectivity index (χ4n) is 1.29. The van der Waals surface area contributed by atoms with Crippen LogP contribution < -0.4 is 0 Å². The van der Waals surface area contributed by atoms with Gasteiger partial charge in [0.1, 0.15) is 0 Å². The second-order valence-electron chi connectivity index (χ2n) is 2.60. The molecule has 0 saturated carbocycles. The fourth-order valence-corrected chi connectivity index (χ4v) is 1.29. The summed E-state index contributed by atoms with van der Waals surface area (Å²) in [6, 6.07) is 0. The zero-order valence-electron chi connectivity index (χ0n) is 7.68. The van der Waals surface area contributed by atoms with Gasteiger partial charge in [0.25, 0.3) is 0 Å². The van der Waals surface area contributed by atoms with E-state index in [0.29, 0.717) is 5.92 Å². The Hall–Kier alpha value is 0.774. The molecule has 0 spiro atoms. The summed E-state index contributed by atoms with van der Waals surface area (Å²) in [4.78, 5) is 0. The summed E-state index contributed by atoms with van der Waals surface area (Å²) in [5, 5.41) is 0. The first-order valence-corrected chi connectivity index (χ1v) is 3.55. The van der Waals surface area contributed by atoms with Gasteiger partial charge in [0.2, 0.25) is 0 Å². The summed E-state index contributed by atoms with van der Waals surface area (Å²) >= 11 is 0. The van der Waals surface area contributed by atoms with Crippen LogP contribution in [0.3, 0.4) is 0 Å². The number of halogens is 2. The second kappa shape index (κ2) is 8.38. The van der Waals surface area contributed by atoms with Gasteiger partial charge in [-0.2, -0.15) is 11.6 Å². The first-order chi connectivity index (χ1) is 4.24. The molecule has 0 radical (unpaired) electrons. The van der Waals surface area contributed by atoms with Gasteiger partial charge in [-0.05, 0) is 0 Å². The number of hydrogen-bond acceptors (Lipinski definition) is 0. The molecule has 0 aromatic heterocycles. The minimum atomic E-state index is 0. The van der Waals surface area contributed by atoms with Crippen LogP contribution in [-0.4, -0.2) is 0 Å². The molecule has 3 heteroatoms. The van der Waals surface area contributed by atoms with Crippen LogP contribution in [0.2, 0.25) is 0 Å². The van der Waals surface area contributed by atoms with Crippen molar-refractivity contribution in [1.82, 2.24) is 0 Å². The molecule has 70 valence electrons. The molecule has 1 aliphatic rings. The molecular formula is C9H15Cl2Ti-. The van der Waals surface area contributed by atoms with E-state index in [1.165, 1.54) is 11.1 Å². The molecule has 0 aromatic carbocycles. The summed E-state index contributed by atoms with van der Waals surface area (Å²) in [5.41, 5.74) is 2.83. The quantitative estimate of drug-likeness (QED) is 0.487. The monoisotopic (exact) mass is 241 g/mol.